The molecule has 0 atom stereocenters. The number of nitrogens with two attached hydrogens (primary N) is 1. The van der Waals surface area contributed by atoms with Crippen molar-refractivity contribution in [1.82, 2.24) is 9.38 Å². The van der Waals surface area contributed by atoms with Crippen LogP contribution in [0.3, 0.4) is 0 Å². The summed E-state index contributed by atoms with van der Waals surface area (Å²) >= 11 is 5.86. The van der Waals surface area contributed by atoms with Crippen LogP contribution in [0.4, 0.5) is 5.82 Å². The second-order valence-corrected chi connectivity index (χ2v) is 5.46. The highest BCUT2D eigenvalue weighted by Crippen LogP contribution is 2.24. The van der Waals surface area contributed by atoms with Crippen molar-refractivity contribution in [2.75, 3.05) is 12.0 Å². The molecule has 0 amide bonds. The van der Waals surface area contributed by atoms with Gasteiger partial charge in [-0.15, -0.1) is 0 Å². The number of hydrogen-bond donors (Lipinski definition) is 1. The van der Waals surface area contributed by atoms with Crippen molar-refractivity contribution in [3.8, 4) is 0 Å². The van der Waals surface area contributed by atoms with E-state index in [1.165, 1.54) is 4.40 Å². The number of sulfone groups is 1. The molecule has 15 heavy (non-hydrogen) atoms. The monoisotopic (exact) mass is 245 g/mol. The van der Waals surface area contributed by atoms with Crippen LogP contribution < -0.4 is 5.73 Å². The Morgan fingerprint density at radius 1 is 1.53 bits per heavy atom. The van der Waals surface area contributed by atoms with E-state index in [1.54, 1.807) is 18.3 Å². The second-order valence-electron chi connectivity index (χ2n) is 3.12. The average molecular weight is 246 g/mol. The Balaban J connectivity index is 2.99. The minimum Gasteiger partial charge on any atom is -0.381 e. The fourth-order valence-corrected chi connectivity index (χ4v) is 2.54. The Morgan fingerprint density at radius 2 is 2.20 bits per heavy atom. The Morgan fingerprint density at radius 3 is 2.80 bits per heavy atom. The molecule has 0 saturated carbocycles. The van der Waals surface area contributed by atoms with E-state index in [9.17, 15) is 8.42 Å². The smallest absolute Gasteiger partial charge is 0.195 e. The quantitative estimate of drug-likeness (QED) is 0.812. The molecule has 0 aliphatic carbocycles. The van der Waals surface area contributed by atoms with E-state index < -0.39 is 9.84 Å². The summed E-state index contributed by atoms with van der Waals surface area (Å²) in [5.41, 5.74) is 5.88. The molecule has 5 nitrogen and oxygen atoms in total. The van der Waals surface area contributed by atoms with Gasteiger partial charge in [0.25, 0.3) is 0 Å². The van der Waals surface area contributed by atoms with E-state index in [1.807, 2.05) is 0 Å². The van der Waals surface area contributed by atoms with Crippen molar-refractivity contribution >= 4 is 32.9 Å². The topological polar surface area (TPSA) is 77.5 Å². The summed E-state index contributed by atoms with van der Waals surface area (Å²) in [4.78, 5) is 3.91. The van der Waals surface area contributed by atoms with Gasteiger partial charge >= 0.3 is 0 Å². The van der Waals surface area contributed by atoms with Gasteiger partial charge in [-0.25, -0.2) is 13.4 Å². The largest absolute Gasteiger partial charge is 0.381 e. The van der Waals surface area contributed by atoms with Crippen LogP contribution in [0.2, 0.25) is 5.02 Å². The molecule has 7 heteroatoms. The lowest BCUT2D eigenvalue weighted by Crippen LogP contribution is -2.04. The van der Waals surface area contributed by atoms with Gasteiger partial charge in [0, 0.05) is 12.5 Å². The number of rotatable bonds is 1. The first kappa shape index (κ1) is 10.3. The molecule has 2 aromatic rings. The Labute approximate surface area is 91.4 Å². The van der Waals surface area contributed by atoms with E-state index in [0.717, 1.165) is 6.26 Å². The molecule has 0 aliphatic heterocycles. The number of aromatic nitrogens is 2. The van der Waals surface area contributed by atoms with Crippen LogP contribution in [-0.2, 0) is 9.84 Å². The minimum atomic E-state index is -3.42. The maximum atomic E-state index is 11.5. The van der Waals surface area contributed by atoms with Crippen molar-refractivity contribution in [2.24, 2.45) is 0 Å². The van der Waals surface area contributed by atoms with Crippen LogP contribution in [0.25, 0.3) is 5.65 Å². The Bertz CT molecular complexity index is 633. The van der Waals surface area contributed by atoms with E-state index in [2.05, 4.69) is 4.98 Å². The molecule has 0 spiro atoms. The number of pyridine rings is 1. The van der Waals surface area contributed by atoms with Gasteiger partial charge in [0.05, 0.1) is 5.02 Å². The van der Waals surface area contributed by atoms with Gasteiger partial charge in [-0.1, -0.05) is 11.6 Å². The summed E-state index contributed by atoms with van der Waals surface area (Å²) in [6.45, 7) is 0. The normalized spacial score (nSPS) is 12.1. The molecule has 0 unspecified atom stereocenters. The number of nitrogen functional groups attached to an aromatic ring is 1. The molecule has 0 bridgehead atoms. The zero-order valence-electron chi connectivity index (χ0n) is 7.81. The molecule has 0 aromatic carbocycles. The predicted molar refractivity (Wildman–Crippen MR) is 57.7 cm³/mol. The molecule has 0 aliphatic rings. The van der Waals surface area contributed by atoms with Crippen LogP contribution in [0.1, 0.15) is 0 Å². The lowest BCUT2D eigenvalue weighted by Gasteiger charge is -1.99. The van der Waals surface area contributed by atoms with E-state index in [-0.39, 0.29) is 10.8 Å². The Hall–Kier alpha value is -1.27. The third-order valence-electron chi connectivity index (χ3n) is 1.93. The summed E-state index contributed by atoms with van der Waals surface area (Å²) in [6, 6.07) is 3.25. The van der Waals surface area contributed by atoms with Crippen LogP contribution in [0, 0.1) is 0 Å². The van der Waals surface area contributed by atoms with E-state index in [4.69, 9.17) is 17.3 Å². The molecule has 0 radical (unpaired) electrons. The lowest BCUT2D eigenvalue weighted by molar-refractivity contribution is 0.598. The zero-order chi connectivity index (χ0) is 11.2. The van der Waals surface area contributed by atoms with E-state index >= 15 is 0 Å². The number of imidazole rings is 1. The fourth-order valence-electron chi connectivity index (χ4n) is 1.40. The lowest BCUT2D eigenvalue weighted by atomic mass is 10.5. The first-order valence-electron chi connectivity index (χ1n) is 4.03. The number of anilines is 1. The maximum Gasteiger partial charge on any atom is 0.195 e. The third kappa shape index (κ3) is 1.55. The average Bonchev–Trinajstić information content (AvgIpc) is 2.41. The van der Waals surface area contributed by atoms with Gasteiger partial charge in [-0.3, -0.25) is 4.40 Å². The first-order chi connectivity index (χ1) is 6.91. The molecular formula is C8H8ClN3O2S. The molecular weight excluding hydrogens is 238 g/mol. The second kappa shape index (κ2) is 3.11. The highest BCUT2D eigenvalue weighted by atomic mass is 35.5. The summed E-state index contributed by atoms with van der Waals surface area (Å²) in [5, 5.41) is 0.333. The first-order valence-corrected chi connectivity index (χ1v) is 6.30. The number of hydrogen-bond acceptors (Lipinski definition) is 4. The highest BCUT2D eigenvalue weighted by molar-refractivity contribution is 7.90. The highest BCUT2D eigenvalue weighted by Gasteiger charge is 2.19. The van der Waals surface area contributed by atoms with Crippen LogP contribution >= 0.6 is 11.6 Å². The van der Waals surface area contributed by atoms with Crippen molar-refractivity contribution in [3.05, 3.63) is 23.4 Å². The molecule has 2 rings (SSSR count). The number of halogens is 1. The van der Waals surface area contributed by atoms with Crippen LogP contribution in [0.5, 0.6) is 0 Å². The van der Waals surface area contributed by atoms with Gasteiger partial charge in [-0.05, 0) is 12.1 Å². The van der Waals surface area contributed by atoms with Crippen molar-refractivity contribution < 1.29 is 8.42 Å². The van der Waals surface area contributed by atoms with Crippen molar-refractivity contribution in [1.29, 1.82) is 0 Å². The molecule has 2 N–H and O–H groups in total. The molecule has 0 saturated heterocycles. The number of fused-ring (bicyclic) bond motifs is 1. The van der Waals surface area contributed by atoms with Gasteiger partial charge < -0.3 is 5.73 Å². The molecule has 80 valence electrons. The van der Waals surface area contributed by atoms with Gasteiger partial charge in [0.2, 0.25) is 0 Å². The molecule has 2 heterocycles. The van der Waals surface area contributed by atoms with Crippen LogP contribution in [0.15, 0.2) is 23.4 Å². The van der Waals surface area contributed by atoms with Crippen LogP contribution in [-0.4, -0.2) is 24.1 Å². The Kier molecular flexibility index (Phi) is 2.13. The standard InChI is InChI=1S/C8H8ClN3O2S/c1-15(13,14)8-6(10)11-7-5(9)3-2-4-12(7)8/h2-4H,10H2,1H3. The molecule has 2 aromatic heterocycles. The van der Waals surface area contributed by atoms with Crippen molar-refractivity contribution in [2.45, 2.75) is 5.03 Å². The minimum absolute atomic E-state index is 0.0278. The van der Waals surface area contributed by atoms with Gasteiger partial charge in [0.15, 0.2) is 26.3 Å². The fraction of sp³-hybridized carbons (Fsp3) is 0.125. The van der Waals surface area contributed by atoms with Crippen molar-refractivity contribution in [3.63, 3.8) is 0 Å². The maximum absolute atomic E-state index is 11.5. The van der Waals surface area contributed by atoms with Gasteiger partial charge in [0.1, 0.15) is 0 Å². The zero-order valence-corrected chi connectivity index (χ0v) is 9.38. The third-order valence-corrected chi connectivity index (χ3v) is 3.34. The SMILES string of the molecule is CS(=O)(=O)c1c(N)nc2c(Cl)cccn12. The summed E-state index contributed by atoms with van der Waals surface area (Å²) in [5.74, 6) is -0.0365. The predicted octanol–water partition coefficient (Wildman–Crippen LogP) is 0.973. The summed E-state index contributed by atoms with van der Waals surface area (Å²) < 4.78 is 24.3. The van der Waals surface area contributed by atoms with Gasteiger partial charge in [-0.2, -0.15) is 0 Å². The summed E-state index contributed by atoms with van der Waals surface area (Å²) in [7, 11) is -3.42. The summed E-state index contributed by atoms with van der Waals surface area (Å²) in [6.07, 6.45) is 2.63. The van der Waals surface area contributed by atoms with E-state index in [0.29, 0.717) is 10.7 Å². The molecule has 0 fully saturated rings. The number of nitrogens with zero attached hydrogens (tertiary/aromatic N) is 2.